The van der Waals surface area contributed by atoms with Crippen molar-refractivity contribution in [3.05, 3.63) is 35.9 Å². The summed E-state index contributed by atoms with van der Waals surface area (Å²) in [6.07, 6.45) is 0.217. The van der Waals surface area contributed by atoms with Gasteiger partial charge in [0.05, 0.1) is 18.3 Å². The van der Waals surface area contributed by atoms with Crippen molar-refractivity contribution in [1.29, 1.82) is 0 Å². The second-order valence-electron chi connectivity index (χ2n) is 4.99. The minimum atomic E-state index is -0.467. The summed E-state index contributed by atoms with van der Waals surface area (Å²) in [7, 11) is 0. The highest BCUT2D eigenvalue weighted by molar-refractivity contribution is 5.18. The van der Waals surface area contributed by atoms with Crippen LogP contribution in [0.15, 0.2) is 30.3 Å². The molecule has 0 radical (unpaired) electrons. The van der Waals surface area contributed by atoms with Crippen LogP contribution in [-0.2, 0) is 4.74 Å². The van der Waals surface area contributed by atoms with E-state index in [1.165, 1.54) is 5.56 Å². The molecule has 102 valence electrons. The van der Waals surface area contributed by atoms with Crippen molar-refractivity contribution in [3.63, 3.8) is 0 Å². The van der Waals surface area contributed by atoms with Crippen molar-refractivity contribution in [2.45, 2.75) is 51.4 Å². The number of ether oxygens (including phenoxy) is 1. The summed E-state index contributed by atoms with van der Waals surface area (Å²) >= 11 is 0. The zero-order valence-corrected chi connectivity index (χ0v) is 11.5. The average Bonchev–Trinajstić information content (AvgIpc) is 2.38. The van der Waals surface area contributed by atoms with Crippen molar-refractivity contribution in [1.82, 2.24) is 0 Å². The first-order valence-electron chi connectivity index (χ1n) is 6.63. The lowest BCUT2D eigenvalue weighted by Gasteiger charge is -2.25. The first-order valence-corrected chi connectivity index (χ1v) is 6.63. The third-order valence-corrected chi connectivity index (χ3v) is 3.33. The molecule has 0 amide bonds. The average molecular weight is 251 g/mol. The van der Waals surface area contributed by atoms with Gasteiger partial charge in [0.15, 0.2) is 0 Å². The first-order chi connectivity index (χ1) is 8.54. The second kappa shape index (κ2) is 7.52. The molecule has 4 unspecified atom stereocenters. The number of nitrogens with two attached hydrogens (primary N) is 1. The van der Waals surface area contributed by atoms with Crippen molar-refractivity contribution in [2.24, 2.45) is 5.73 Å². The Kier molecular flexibility index (Phi) is 6.33. The van der Waals surface area contributed by atoms with Crippen LogP contribution in [0.4, 0.5) is 0 Å². The molecule has 0 aliphatic carbocycles. The van der Waals surface area contributed by atoms with E-state index in [1.54, 1.807) is 6.92 Å². The van der Waals surface area contributed by atoms with Gasteiger partial charge in [-0.15, -0.1) is 0 Å². The molecule has 1 aromatic carbocycles. The van der Waals surface area contributed by atoms with E-state index in [-0.39, 0.29) is 12.2 Å². The number of hydrogen-bond acceptors (Lipinski definition) is 3. The van der Waals surface area contributed by atoms with E-state index in [0.717, 1.165) is 6.42 Å². The largest absolute Gasteiger partial charge is 0.391 e. The predicted octanol–water partition coefficient (Wildman–Crippen LogP) is 2.29. The first kappa shape index (κ1) is 15.2. The fraction of sp³-hybridized carbons (Fsp3) is 0.600. The molecule has 0 aliphatic heterocycles. The lowest BCUT2D eigenvalue weighted by Crippen LogP contribution is -2.33. The molecular weight excluding hydrogens is 226 g/mol. The van der Waals surface area contributed by atoms with E-state index in [1.807, 2.05) is 25.1 Å². The highest BCUT2D eigenvalue weighted by Gasteiger charge is 2.18. The van der Waals surface area contributed by atoms with Gasteiger partial charge in [-0.25, -0.2) is 0 Å². The zero-order valence-electron chi connectivity index (χ0n) is 11.5. The molecule has 3 heteroatoms. The van der Waals surface area contributed by atoms with Gasteiger partial charge in [0.1, 0.15) is 0 Å². The SMILES string of the molecule is CC(CC(CN)OC(C)C(C)O)c1ccccc1. The Hall–Kier alpha value is -0.900. The van der Waals surface area contributed by atoms with Crippen LogP contribution in [0.5, 0.6) is 0 Å². The quantitative estimate of drug-likeness (QED) is 0.781. The minimum absolute atomic E-state index is 0.00944. The Labute approximate surface area is 110 Å². The third kappa shape index (κ3) is 4.77. The van der Waals surface area contributed by atoms with Crippen molar-refractivity contribution in [3.8, 4) is 0 Å². The van der Waals surface area contributed by atoms with Gasteiger partial charge >= 0.3 is 0 Å². The molecule has 0 aromatic heterocycles. The summed E-state index contributed by atoms with van der Waals surface area (Å²) < 4.78 is 5.78. The maximum atomic E-state index is 9.45. The van der Waals surface area contributed by atoms with Crippen LogP contribution in [0, 0.1) is 0 Å². The van der Waals surface area contributed by atoms with Gasteiger partial charge in [-0.3, -0.25) is 0 Å². The summed E-state index contributed by atoms with van der Waals surface area (Å²) in [5, 5.41) is 9.45. The van der Waals surface area contributed by atoms with E-state index in [2.05, 4.69) is 19.1 Å². The number of rotatable bonds is 7. The van der Waals surface area contributed by atoms with Crippen LogP contribution in [-0.4, -0.2) is 30.0 Å². The molecule has 18 heavy (non-hydrogen) atoms. The van der Waals surface area contributed by atoms with Crippen LogP contribution < -0.4 is 5.73 Å². The highest BCUT2D eigenvalue weighted by atomic mass is 16.5. The molecule has 0 fully saturated rings. The molecule has 0 spiro atoms. The van der Waals surface area contributed by atoms with Gasteiger partial charge in [-0.1, -0.05) is 37.3 Å². The van der Waals surface area contributed by atoms with E-state index in [9.17, 15) is 5.11 Å². The van der Waals surface area contributed by atoms with Gasteiger partial charge < -0.3 is 15.6 Å². The van der Waals surface area contributed by atoms with Crippen LogP contribution in [0.1, 0.15) is 38.7 Å². The van der Waals surface area contributed by atoms with E-state index >= 15 is 0 Å². The lowest BCUT2D eigenvalue weighted by atomic mass is 9.95. The van der Waals surface area contributed by atoms with Gasteiger partial charge in [0.2, 0.25) is 0 Å². The minimum Gasteiger partial charge on any atom is -0.391 e. The summed E-state index contributed by atoms with van der Waals surface area (Å²) in [6, 6.07) is 10.3. The normalized spacial score (nSPS) is 18.1. The number of benzene rings is 1. The van der Waals surface area contributed by atoms with Gasteiger partial charge in [-0.2, -0.15) is 0 Å². The summed E-state index contributed by atoms with van der Waals surface area (Å²) in [6.45, 7) is 6.27. The standard InChI is InChI=1S/C15H25NO2/c1-11(14-7-5-4-6-8-14)9-15(10-16)18-13(3)12(2)17/h4-8,11-13,15,17H,9-10,16H2,1-3H3. The van der Waals surface area contributed by atoms with Gasteiger partial charge in [0.25, 0.3) is 0 Å². The Morgan fingerprint density at radius 3 is 2.28 bits per heavy atom. The van der Waals surface area contributed by atoms with Crippen LogP contribution in [0.25, 0.3) is 0 Å². The molecule has 0 heterocycles. The fourth-order valence-electron chi connectivity index (χ4n) is 1.94. The fourth-order valence-corrected chi connectivity index (χ4v) is 1.94. The molecule has 4 atom stereocenters. The summed E-state index contributed by atoms with van der Waals surface area (Å²) in [5.41, 5.74) is 7.04. The van der Waals surface area contributed by atoms with E-state index in [4.69, 9.17) is 10.5 Å². The molecule has 1 rings (SSSR count). The maximum Gasteiger partial charge on any atom is 0.0807 e. The maximum absolute atomic E-state index is 9.45. The molecule has 0 saturated carbocycles. The molecule has 1 aromatic rings. The van der Waals surface area contributed by atoms with Gasteiger partial charge in [-0.05, 0) is 31.7 Å². The smallest absolute Gasteiger partial charge is 0.0807 e. The Balaban J connectivity index is 2.53. The van der Waals surface area contributed by atoms with Crippen LogP contribution in [0.2, 0.25) is 0 Å². The van der Waals surface area contributed by atoms with E-state index in [0.29, 0.717) is 12.5 Å². The molecule has 3 nitrogen and oxygen atoms in total. The van der Waals surface area contributed by atoms with Crippen molar-refractivity contribution >= 4 is 0 Å². The Bertz CT molecular complexity index is 327. The predicted molar refractivity (Wildman–Crippen MR) is 74.5 cm³/mol. The highest BCUT2D eigenvalue weighted by Crippen LogP contribution is 2.22. The van der Waals surface area contributed by atoms with Crippen molar-refractivity contribution < 1.29 is 9.84 Å². The molecular formula is C15H25NO2. The van der Waals surface area contributed by atoms with Gasteiger partial charge in [0, 0.05) is 6.54 Å². The topological polar surface area (TPSA) is 55.5 Å². The monoisotopic (exact) mass is 251 g/mol. The lowest BCUT2D eigenvalue weighted by molar-refractivity contribution is -0.0616. The molecule has 3 N–H and O–H groups in total. The van der Waals surface area contributed by atoms with Crippen LogP contribution in [0.3, 0.4) is 0 Å². The zero-order chi connectivity index (χ0) is 13.5. The number of aliphatic hydroxyl groups is 1. The second-order valence-corrected chi connectivity index (χ2v) is 4.99. The number of hydrogen-bond donors (Lipinski definition) is 2. The summed E-state index contributed by atoms with van der Waals surface area (Å²) in [5.74, 6) is 0.404. The molecule has 0 bridgehead atoms. The van der Waals surface area contributed by atoms with Crippen LogP contribution >= 0.6 is 0 Å². The van der Waals surface area contributed by atoms with E-state index < -0.39 is 6.10 Å². The third-order valence-electron chi connectivity index (χ3n) is 3.33. The Morgan fingerprint density at radius 1 is 1.17 bits per heavy atom. The summed E-state index contributed by atoms with van der Waals surface area (Å²) in [4.78, 5) is 0. The molecule has 0 saturated heterocycles. The Morgan fingerprint density at radius 2 is 1.78 bits per heavy atom. The number of aliphatic hydroxyl groups excluding tert-OH is 1. The molecule has 0 aliphatic rings. The van der Waals surface area contributed by atoms with Crippen molar-refractivity contribution in [2.75, 3.05) is 6.54 Å².